The number of rotatable bonds is 10. The fraction of sp³-hybridized carbons (Fsp3) is 0.455. The van der Waals surface area contributed by atoms with E-state index in [1.165, 1.54) is 18.2 Å². The molecule has 0 aliphatic rings. The predicted octanol–water partition coefficient (Wildman–Crippen LogP) is 4.76. The first-order chi connectivity index (χ1) is 15.3. The van der Waals surface area contributed by atoms with Crippen molar-refractivity contribution in [1.82, 2.24) is 10.3 Å². The van der Waals surface area contributed by atoms with Gasteiger partial charge in [-0.2, -0.15) is 13.2 Å². The van der Waals surface area contributed by atoms with Gasteiger partial charge in [0, 0.05) is 12.2 Å². The van der Waals surface area contributed by atoms with Crippen LogP contribution in [0.5, 0.6) is 0 Å². The highest BCUT2D eigenvalue weighted by Crippen LogP contribution is 2.29. The number of nitrogens with one attached hydrogen (secondary N) is 2. The second kappa shape index (κ2) is 11.0. The lowest BCUT2D eigenvalue weighted by molar-refractivity contribution is -0.141. The molecule has 2 N–H and O–H groups in total. The number of unbranched alkanes of at least 4 members (excludes halogenated alkanes) is 2. The van der Waals surface area contributed by atoms with Gasteiger partial charge in [-0.25, -0.2) is 17.8 Å². The van der Waals surface area contributed by atoms with E-state index in [9.17, 15) is 30.8 Å². The summed E-state index contributed by atoms with van der Waals surface area (Å²) in [6, 6.07) is 5.91. The van der Waals surface area contributed by atoms with Gasteiger partial charge in [0.1, 0.15) is 11.5 Å². The number of sulfonamides is 1. The van der Waals surface area contributed by atoms with Gasteiger partial charge in [0.05, 0.1) is 17.9 Å². The van der Waals surface area contributed by atoms with Crippen molar-refractivity contribution in [2.24, 2.45) is 0 Å². The maximum atomic E-state index is 14.2. The molecule has 1 heterocycles. The number of carbonyl (C=O) groups is 1. The zero-order valence-electron chi connectivity index (χ0n) is 18.6. The second-order valence-corrected chi connectivity index (χ2v) is 9.56. The standard InChI is InChI=1S/C22H27F4N3O3S/c1-4-5-6-7-18-16(9-11-20(28-18)22(24,25)26)13-27-21(30)14(2)15-8-10-19(17(23)12-15)29-33(3,31)32/h8-12,14,29H,4-7,13H2,1-3H3,(H,27,30)/t14-/m1/s1. The second-order valence-electron chi connectivity index (χ2n) is 7.81. The van der Waals surface area contributed by atoms with Crippen LogP contribution in [0.4, 0.5) is 23.2 Å². The van der Waals surface area contributed by atoms with Crippen LogP contribution in [0, 0.1) is 5.82 Å². The van der Waals surface area contributed by atoms with Crippen LogP contribution >= 0.6 is 0 Å². The average molecular weight is 490 g/mol. The highest BCUT2D eigenvalue weighted by molar-refractivity contribution is 7.92. The Morgan fingerprint density at radius 1 is 1.15 bits per heavy atom. The van der Waals surface area contributed by atoms with Crippen molar-refractivity contribution in [3.63, 3.8) is 0 Å². The smallest absolute Gasteiger partial charge is 0.351 e. The predicted molar refractivity (Wildman–Crippen MR) is 118 cm³/mol. The van der Waals surface area contributed by atoms with Gasteiger partial charge in [0.2, 0.25) is 15.9 Å². The highest BCUT2D eigenvalue weighted by atomic mass is 32.2. The zero-order valence-corrected chi connectivity index (χ0v) is 19.4. The number of halogens is 4. The number of hydrogen-bond acceptors (Lipinski definition) is 4. The Balaban J connectivity index is 2.13. The Kier molecular flexibility index (Phi) is 8.82. The molecule has 0 radical (unpaired) electrons. The number of aryl methyl sites for hydroxylation is 1. The van der Waals surface area contributed by atoms with Gasteiger partial charge in [-0.15, -0.1) is 0 Å². The van der Waals surface area contributed by atoms with E-state index in [1.807, 2.05) is 11.6 Å². The summed E-state index contributed by atoms with van der Waals surface area (Å²) in [4.78, 5) is 16.4. The van der Waals surface area contributed by atoms with E-state index in [2.05, 4.69) is 10.3 Å². The molecule has 0 aliphatic heterocycles. The van der Waals surface area contributed by atoms with E-state index < -0.39 is 39.5 Å². The Hall–Kier alpha value is -2.69. The molecule has 1 aromatic heterocycles. The Morgan fingerprint density at radius 3 is 2.42 bits per heavy atom. The summed E-state index contributed by atoms with van der Waals surface area (Å²) in [5.74, 6) is -2.07. The van der Waals surface area contributed by atoms with Gasteiger partial charge in [-0.1, -0.05) is 31.9 Å². The number of aromatic nitrogens is 1. The first-order valence-corrected chi connectivity index (χ1v) is 12.3. The minimum Gasteiger partial charge on any atom is -0.351 e. The van der Waals surface area contributed by atoms with Crippen molar-refractivity contribution in [3.8, 4) is 0 Å². The number of pyridine rings is 1. The van der Waals surface area contributed by atoms with Crippen molar-refractivity contribution in [1.29, 1.82) is 0 Å². The van der Waals surface area contributed by atoms with Crippen molar-refractivity contribution in [3.05, 3.63) is 58.7 Å². The molecule has 0 bridgehead atoms. The summed E-state index contributed by atoms with van der Waals surface area (Å²) >= 11 is 0. The van der Waals surface area contributed by atoms with Crippen molar-refractivity contribution < 1.29 is 30.8 Å². The number of amides is 1. The van der Waals surface area contributed by atoms with E-state index in [0.29, 0.717) is 24.0 Å². The van der Waals surface area contributed by atoms with E-state index in [4.69, 9.17) is 0 Å². The molecule has 182 valence electrons. The Morgan fingerprint density at radius 2 is 1.85 bits per heavy atom. The van der Waals surface area contributed by atoms with Crippen LogP contribution in [0.25, 0.3) is 0 Å². The first-order valence-electron chi connectivity index (χ1n) is 10.4. The third-order valence-corrected chi connectivity index (χ3v) is 5.60. The number of carbonyl (C=O) groups excluding carboxylic acids is 1. The van der Waals surface area contributed by atoms with Gasteiger partial charge in [-0.3, -0.25) is 9.52 Å². The number of hydrogen-bond donors (Lipinski definition) is 2. The fourth-order valence-corrected chi connectivity index (χ4v) is 3.74. The molecule has 0 spiro atoms. The first kappa shape index (κ1) is 26.6. The molecule has 6 nitrogen and oxygen atoms in total. The van der Waals surface area contributed by atoms with Crippen LogP contribution in [0.2, 0.25) is 0 Å². The van der Waals surface area contributed by atoms with Crippen LogP contribution in [0.1, 0.15) is 61.5 Å². The molecule has 1 atom stereocenters. The third kappa shape index (κ3) is 7.99. The minimum absolute atomic E-state index is 0.0219. The molecule has 33 heavy (non-hydrogen) atoms. The van der Waals surface area contributed by atoms with Crippen molar-refractivity contribution in [2.75, 3.05) is 11.0 Å². The Bertz CT molecular complexity index is 1090. The molecule has 2 aromatic rings. The van der Waals surface area contributed by atoms with E-state index >= 15 is 0 Å². The molecule has 0 aliphatic carbocycles. The van der Waals surface area contributed by atoms with Crippen molar-refractivity contribution in [2.45, 2.75) is 58.2 Å². The number of anilines is 1. The van der Waals surface area contributed by atoms with Gasteiger partial charge < -0.3 is 5.32 Å². The summed E-state index contributed by atoms with van der Waals surface area (Å²) in [6.45, 7) is 3.50. The highest BCUT2D eigenvalue weighted by Gasteiger charge is 2.33. The third-order valence-electron chi connectivity index (χ3n) is 5.01. The average Bonchev–Trinajstić information content (AvgIpc) is 2.72. The molecule has 2 rings (SSSR count). The molecule has 0 fully saturated rings. The molecular weight excluding hydrogens is 462 g/mol. The molecular formula is C22H27F4N3O3S. The number of benzene rings is 1. The molecule has 1 amide bonds. The summed E-state index contributed by atoms with van der Waals surface area (Å²) in [7, 11) is -3.66. The van der Waals surface area contributed by atoms with Crippen LogP contribution in [0.3, 0.4) is 0 Å². The molecule has 1 aromatic carbocycles. The summed E-state index contributed by atoms with van der Waals surface area (Å²) in [5.41, 5.74) is -0.123. The van der Waals surface area contributed by atoms with Gasteiger partial charge >= 0.3 is 6.18 Å². The van der Waals surface area contributed by atoms with Crippen LogP contribution in [-0.2, 0) is 34.0 Å². The maximum absolute atomic E-state index is 14.2. The monoisotopic (exact) mass is 489 g/mol. The lowest BCUT2D eigenvalue weighted by Crippen LogP contribution is -2.28. The Labute approximate surface area is 190 Å². The summed E-state index contributed by atoms with van der Waals surface area (Å²) < 4.78 is 78.0. The lowest BCUT2D eigenvalue weighted by atomic mass is 9.99. The normalized spacial score (nSPS) is 12.9. The van der Waals surface area contributed by atoms with E-state index in [1.54, 1.807) is 6.92 Å². The van der Waals surface area contributed by atoms with Crippen LogP contribution < -0.4 is 10.0 Å². The van der Waals surface area contributed by atoms with E-state index in [-0.39, 0.29) is 17.9 Å². The molecule has 0 saturated carbocycles. The topological polar surface area (TPSA) is 88.2 Å². The molecule has 0 saturated heterocycles. The van der Waals surface area contributed by atoms with Gasteiger partial charge in [-0.05, 0) is 49.1 Å². The van der Waals surface area contributed by atoms with E-state index in [0.717, 1.165) is 31.2 Å². The zero-order chi connectivity index (χ0) is 24.8. The fourth-order valence-electron chi connectivity index (χ4n) is 3.18. The van der Waals surface area contributed by atoms with Crippen molar-refractivity contribution >= 4 is 21.6 Å². The maximum Gasteiger partial charge on any atom is 0.433 e. The summed E-state index contributed by atoms with van der Waals surface area (Å²) in [5, 5.41) is 2.66. The summed E-state index contributed by atoms with van der Waals surface area (Å²) in [6.07, 6.45) is -0.886. The van der Waals surface area contributed by atoms with Crippen LogP contribution in [0.15, 0.2) is 30.3 Å². The largest absolute Gasteiger partial charge is 0.433 e. The SMILES string of the molecule is CCCCCc1nc(C(F)(F)F)ccc1CNC(=O)[C@H](C)c1ccc(NS(C)(=O)=O)c(F)c1. The van der Waals surface area contributed by atoms with Gasteiger partial charge in [0.15, 0.2) is 0 Å². The van der Waals surface area contributed by atoms with Crippen LogP contribution in [-0.4, -0.2) is 25.6 Å². The quantitative estimate of drug-likeness (QED) is 0.372. The molecule has 11 heteroatoms. The lowest BCUT2D eigenvalue weighted by Gasteiger charge is -2.16. The number of alkyl halides is 3. The number of nitrogens with zero attached hydrogens (tertiary/aromatic N) is 1. The van der Waals surface area contributed by atoms with Gasteiger partial charge in [0.25, 0.3) is 0 Å². The minimum atomic E-state index is -4.56. The molecule has 0 unspecified atom stereocenters.